The molecular formula is C17H20ClN3O2. The van der Waals surface area contributed by atoms with Gasteiger partial charge in [-0.05, 0) is 31.5 Å². The van der Waals surface area contributed by atoms with Crippen LogP contribution >= 0.6 is 11.6 Å². The molecule has 0 N–H and O–H groups in total. The second kappa shape index (κ2) is 7.15. The number of hydrogen-bond donors (Lipinski definition) is 0. The van der Waals surface area contributed by atoms with Crippen molar-refractivity contribution in [2.24, 2.45) is 5.92 Å². The maximum atomic E-state index is 12.7. The van der Waals surface area contributed by atoms with Crippen LogP contribution in [0.2, 0.25) is 5.02 Å². The van der Waals surface area contributed by atoms with Gasteiger partial charge >= 0.3 is 0 Å². The van der Waals surface area contributed by atoms with Gasteiger partial charge in [0, 0.05) is 31.8 Å². The highest BCUT2D eigenvalue weighted by atomic mass is 35.5. The first-order valence-electron chi connectivity index (χ1n) is 7.86. The Kier molecular flexibility index (Phi) is 4.98. The number of carbonyl (C=O) groups is 1. The third-order valence-electron chi connectivity index (χ3n) is 4.08. The first-order chi connectivity index (χ1) is 11.2. The second-order valence-electron chi connectivity index (χ2n) is 5.67. The van der Waals surface area contributed by atoms with Crippen molar-refractivity contribution in [3.05, 3.63) is 47.2 Å². The predicted molar refractivity (Wildman–Crippen MR) is 89.1 cm³/mol. The largest absolute Gasteiger partial charge is 0.381 e. The Morgan fingerprint density at radius 1 is 1.43 bits per heavy atom. The molecule has 1 aliphatic rings. The van der Waals surface area contributed by atoms with E-state index < -0.39 is 0 Å². The smallest absolute Gasteiger partial charge is 0.274 e. The van der Waals surface area contributed by atoms with Crippen LogP contribution in [-0.4, -0.2) is 46.9 Å². The van der Waals surface area contributed by atoms with Crippen LogP contribution in [0.15, 0.2) is 36.5 Å². The van der Waals surface area contributed by atoms with Gasteiger partial charge in [0.15, 0.2) is 5.69 Å². The Morgan fingerprint density at radius 2 is 2.26 bits per heavy atom. The van der Waals surface area contributed by atoms with E-state index in [0.717, 1.165) is 25.3 Å². The highest BCUT2D eigenvalue weighted by Crippen LogP contribution is 2.20. The highest BCUT2D eigenvalue weighted by molar-refractivity contribution is 6.32. The standard InChI is InChI=1S/C17H20ClN3O2/c1-2-20(11-13-8-10-23-12-13)17(22)15-7-9-21(19-15)16-6-4-3-5-14(16)18/h3-7,9,13H,2,8,10-12H2,1H3/t13-/m1/s1. The molecule has 1 aromatic carbocycles. The molecule has 1 atom stereocenters. The van der Waals surface area contributed by atoms with Crippen molar-refractivity contribution in [3.63, 3.8) is 0 Å². The van der Waals surface area contributed by atoms with Crippen LogP contribution in [0.3, 0.4) is 0 Å². The number of carbonyl (C=O) groups excluding carboxylic acids is 1. The van der Waals surface area contributed by atoms with Crippen molar-refractivity contribution >= 4 is 17.5 Å². The number of ether oxygens (including phenoxy) is 1. The van der Waals surface area contributed by atoms with E-state index in [9.17, 15) is 4.79 Å². The molecule has 1 saturated heterocycles. The molecule has 2 heterocycles. The zero-order valence-electron chi connectivity index (χ0n) is 13.1. The lowest BCUT2D eigenvalue weighted by Crippen LogP contribution is -2.35. The molecule has 3 rings (SSSR count). The van der Waals surface area contributed by atoms with Crippen LogP contribution < -0.4 is 0 Å². The average Bonchev–Trinajstić information content (AvgIpc) is 3.24. The van der Waals surface area contributed by atoms with E-state index in [4.69, 9.17) is 16.3 Å². The normalized spacial score (nSPS) is 17.4. The highest BCUT2D eigenvalue weighted by Gasteiger charge is 2.23. The van der Waals surface area contributed by atoms with E-state index in [1.807, 2.05) is 30.0 Å². The molecular weight excluding hydrogens is 314 g/mol. The van der Waals surface area contributed by atoms with E-state index in [0.29, 0.717) is 29.7 Å². The third kappa shape index (κ3) is 3.57. The van der Waals surface area contributed by atoms with E-state index in [1.54, 1.807) is 23.0 Å². The maximum absolute atomic E-state index is 12.7. The minimum Gasteiger partial charge on any atom is -0.381 e. The summed E-state index contributed by atoms with van der Waals surface area (Å²) in [5, 5.41) is 5.00. The molecule has 1 aliphatic heterocycles. The Bertz CT molecular complexity index is 680. The van der Waals surface area contributed by atoms with Crippen LogP contribution in [0.1, 0.15) is 23.8 Å². The Hall–Kier alpha value is -1.85. The molecule has 0 aliphatic carbocycles. The monoisotopic (exact) mass is 333 g/mol. The van der Waals surface area contributed by atoms with Gasteiger partial charge in [-0.15, -0.1) is 0 Å². The van der Waals surface area contributed by atoms with Gasteiger partial charge < -0.3 is 9.64 Å². The molecule has 122 valence electrons. The Balaban J connectivity index is 1.75. The first kappa shape index (κ1) is 16.0. The fourth-order valence-corrected chi connectivity index (χ4v) is 2.99. The van der Waals surface area contributed by atoms with Crippen molar-refractivity contribution in [3.8, 4) is 5.69 Å². The number of halogens is 1. The minimum absolute atomic E-state index is 0.0507. The third-order valence-corrected chi connectivity index (χ3v) is 4.40. The van der Waals surface area contributed by atoms with E-state index >= 15 is 0 Å². The van der Waals surface area contributed by atoms with Crippen LogP contribution in [0.4, 0.5) is 0 Å². The van der Waals surface area contributed by atoms with E-state index in [-0.39, 0.29) is 5.91 Å². The predicted octanol–water partition coefficient (Wildman–Crippen LogP) is 3.02. The number of para-hydroxylation sites is 1. The summed E-state index contributed by atoms with van der Waals surface area (Å²) in [6, 6.07) is 9.17. The van der Waals surface area contributed by atoms with Gasteiger partial charge in [0.2, 0.25) is 0 Å². The van der Waals surface area contributed by atoms with Crippen LogP contribution in [0, 0.1) is 5.92 Å². The van der Waals surface area contributed by atoms with Crippen molar-refractivity contribution < 1.29 is 9.53 Å². The topological polar surface area (TPSA) is 47.4 Å². The van der Waals surface area contributed by atoms with Gasteiger partial charge in [0.25, 0.3) is 5.91 Å². The van der Waals surface area contributed by atoms with Crippen LogP contribution in [0.5, 0.6) is 0 Å². The quantitative estimate of drug-likeness (QED) is 0.845. The number of benzene rings is 1. The zero-order chi connectivity index (χ0) is 16.2. The van der Waals surface area contributed by atoms with Gasteiger partial charge in [0.05, 0.1) is 17.3 Å². The Morgan fingerprint density at radius 3 is 2.96 bits per heavy atom. The lowest BCUT2D eigenvalue weighted by Gasteiger charge is -2.22. The molecule has 1 fully saturated rings. The summed E-state index contributed by atoms with van der Waals surface area (Å²) < 4.78 is 7.03. The fourth-order valence-electron chi connectivity index (χ4n) is 2.77. The van der Waals surface area contributed by atoms with E-state index in [2.05, 4.69) is 5.10 Å². The number of rotatable bonds is 5. The molecule has 0 saturated carbocycles. The molecule has 0 spiro atoms. The summed E-state index contributed by atoms with van der Waals surface area (Å²) in [6.45, 7) is 4.89. The molecule has 6 heteroatoms. The van der Waals surface area contributed by atoms with Crippen molar-refractivity contribution in [2.75, 3.05) is 26.3 Å². The molecule has 1 amide bonds. The number of amides is 1. The molecule has 23 heavy (non-hydrogen) atoms. The van der Waals surface area contributed by atoms with Crippen molar-refractivity contribution in [1.29, 1.82) is 0 Å². The lowest BCUT2D eigenvalue weighted by molar-refractivity contribution is 0.0724. The van der Waals surface area contributed by atoms with Crippen LogP contribution in [-0.2, 0) is 4.74 Å². The first-order valence-corrected chi connectivity index (χ1v) is 8.24. The van der Waals surface area contributed by atoms with Crippen molar-refractivity contribution in [1.82, 2.24) is 14.7 Å². The Labute approximate surface area is 140 Å². The number of nitrogens with zero attached hydrogens (tertiary/aromatic N) is 3. The minimum atomic E-state index is -0.0507. The van der Waals surface area contributed by atoms with Crippen molar-refractivity contribution in [2.45, 2.75) is 13.3 Å². The second-order valence-corrected chi connectivity index (χ2v) is 6.08. The summed E-state index contributed by atoms with van der Waals surface area (Å²) in [7, 11) is 0. The molecule has 0 bridgehead atoms. The van der Waals surface area contributed by atoms with Gasteiger partial charge in [-0.25, -0.2) is 4.68 Å². The lowest BCUT2D eigenvalue weighted by atomic mass is 10.1. The van der Waals surface area contributed by atoms with Gasteiger partial charge in [-0.2, -0.15) is 5.10 Å². The summed E-state index contributed by atoms with van der Waals surface area (Å²) in [4.78, 5) is 14.5. The van der Waals surface area contributed by atoms with Gasteiger partial charge in [-0.1, -0.05) is 23.7 Å². The molecule has 0 radical (unpaired) electrons. The molecule has 2 aromatic rings. The molecule has 5 nitrogen and oxygen atoms in total. The summed E-state index contributed by atoms with van der Waals surface area (Å²) >= 11 is 6.18. The number of aromatic nitrogens is 2. The fraction of sp³-hybridized carbons (Fsp3) is 0.412. The molecule has 1 aromatic heterocycles. The maximum Gasteiger partial charge on any atom is 0.274 e. The van der Waals surface area contributed by atoms with Gasteiger partial charge in [-0.3, -0.25) is 4.79 Å². The average molecular weight is 334 g/mol. The van der Waals surface area contributed by atoms with E-state index in [1.165, 1.54) is 0 Å². The summed E-state index contributed by atoms with van der Waals surface area (Å²) in [5.41, 5.74) is 1.20. The summed E-state index contributed by atoms with van der Waals surface area (Å²) in [5.74, 6) is 0.370. The SMILES string of the molecule is CCN(C[C@H]1CCOC1)C(=O)c1ccn(-c2ccccc2Cl)n1. The van der Waals surface area contributed by atoms with Crippen LogP contribution in [0.25, 0.3) is 5.69 Å². The zero-order valence-corrected chi connectivity index (χ0v) is 13.9. The van der Waals surface area contributed by atoms with Gasteiger partial charge in [0.1, 0.15) is 0 Å². The summed E-state index contributed by atoms with van der Waals surface area (Å²) in [6.07, 6.45) is 2.78. The molecule has 0 unspecified atom stereocenters. The number of hydrogen-bond acceptors (Lipinski definition) is 3.